The number of nitrogens with zero attached hydrogens (tertiary/aromatic N) is 1. The van der Waals surface area contributed by atoms with Crippen LogP contribution in [0.15, 0.2) is 12.1 Å². The summed E-state index contributed by atoms with van der Waals surface area (Å²) in [6, 6.07) is 4.94. The first-order chi connectivity index (χ1) is 8.75. The minimum Gasteiger partial charge on any atom is -0.369 e. The Kier molecular flexibility index (Phi) is 3.27. The summed E-state index contributed by atoms with van der Waals surface area (Å²) in [6.45, 7) is 6.65. The fraction of sp³-hybridized carbons (Fsp3) is 0.600. The normalized spacial score (nSPS) is 23.9. The van der Waals surface area contributed by atoms with Crippen molar-refractivity contribution in [3.05, 3.63) is 28.8 Å². The maximum atomic E-state index is 6.17. The predicted molar refractivity (Wildman–Crippen MR) is 76.3 cm³/mol. The summed E-state index contributed by atoms with van der Waals surface area (Å²) in [7, 11) is 0. The molecule has 3 nitrogen and oxygen atoms in total. The van der Waals surface area contributed by atoms with Crippen LogP contribution in [-0.2, 0) is 12.8 Å². The van der Waals surface area contributed by atoms with E-state index in [1.165, 1.54) is 16.8 Å². The van der Waals surface area contributed by atoms with Crippen molar-refractivity contribution in [2.24, 2.45) is 5.73 Å². The molecular weight excluding hydrogens is 222 g/mol. The van der Waals surface area contributed by atoms with Crippen molar-refractivity contribution in [3.8, 4) is 0 Å². The molecule has 98 valence electrons. The third-order valence-electron chi connectivity index (χ3n) is 4.33. The summed E-state index contributed by atoms with van der Waals surface area (Å²) in [5.74, 6) is 0. The quantitative estimate of drug-likeness (QED) is 0.782. The first-order valence-electron chi connectivity index (χ1n) is 7.08. The summed E-state index contributed by atoms with van der Waals surface area (Å²) in [6.07, 6.45) is 3.34. The van der Waals surface area contributed by atoms with Crippen LogP contribution in [0.25, 0.3) is 0 Å². The third kappa shape index (κ3) is 2.13. The molecule has 3 heteroatoms. The molecule has 1 saturated heterocycles. The van der Waals surface area contributed by atoms with Gasteiger partial charge in [-0.3, -0.25) is 0 Å². The molecule has 3 N–H and O–H groups in total. The van der Waals surface area contributed by atoms with Crippen molar-refractivity contribution in [2.45, 2.75) is 32.2 Å². The van der Waals surface area contributed by atoms with Crippen LogP contribution in [0.3, 0.4) is 0 Å². The van der Waals surface area contributed by atoms with Gasteiger partial charge in [-0.25, -0.2) is 0 Å². The Morgan fingerprint density at radius 3 is 2.78 bits per heavy atom. The number of benzene rings is 1. The van der Waals surface area contributed by atoms with Crippen molar-refractivity contribution in [2.75, 3.05) is 31.1 Å². The van der Waals surface area contributed by atoms with Crippen LogP contribution in [0.2, 0.25) is 0 Å². The molecule has 1 aromatic carbocycles. The summed E-state index contributed by atoms with van der Waals surface area (Å²) in [5.41, 5.74) is 12.1. The number of piperazine rings is 1. The average molecular weight is 245 g/mol. The van der Waals surface area contributed by atoms with Crippen molar-refractivity contribution >= 4 is 5.69 Å². The SMILES string of the molecule is Cc1ccc(N2CCNCC2)c2c1CCC(N)C2. The van der Waals surface area contributed by atoms with Gasteiger partial charge in [0.05, 0.1) is 0 Å². The largest absolute Gasteiger partial charge is 0.369 e. The molecular formula is C15H23N3. The Bertz CT molecular complexity index is 436. The van der Waals surface area contributed by atoms with E-state index in [0.717, 1.165) is 45.4 Å². The number of nitrogens with two attached hydrogens (primary N) is 1. The second-order valence-corrected chi connectivity index (χ2v) is 5.60. The van der Waals surface area contributed by atoms with Crippen LogP contribution >= 0.6 is 0 Å². The van der Waals surface area contributed by atoms with Crippen molar-refractivity contribution in [1.29, 1.82) is 0 Å². The molecule has 0 aromatic heterocycles. The molecule has 0 amide bonds. The fourth-order valence-corrected chi connectivity index (χ4v) is 3.27. The van der Waals surface area contributed by atoms with Gasteiger partial charge in [-0.2, -0.15) is 0 Å². The van der Waals surface area contributed by atoms with E-state index >= 15 is 0 Å². The van der Waals surface area contributed by atoms with Crippen LogP contribution in [0, 0.1) is 6.92 Å². The molecule has 1 heterocycles. The van der Waals surface area contributed by atoms with E-state index in [1.807, 2.05) is 0 Å². The van der Waals surface area contributed by atoms with E-state index in [2.05, 4.69) is 29.3 Å². The Morgan fingerprint density at radius 1 is 1.22 bits per heavy atom. The van der Waals surface area contributed by atoms with Crippen molar-refractivity contribution in [1.82, 2.24) is 5.32 Å². The smallest absolute Gasteiger partial charge is 0.0403 e. The number of hydrogen-bond donors (Lipinski definition) is 2. The predicted octanol–water partition coefficient (Wildman–Crippen LogP) is 1.22. The lowest BCUT2D eigenvalue weighted by Gasteiger charge is -2.34. The molecule has 1 unspecified atom stereocenters. The molecule has 2 aliphatic rings. The standard InChI is InChI=1S/C15H23N3/c1-11-2-5-15(18-8-6-17-7-9-18)14-10-12(16)3-4-13(11)14/h2,5,12,17H,3-4,6-10,16H2,1H3. The van der Waals surface area contributed by atoms with E-state index in [4.69, 9.17) is 5.73 Å². The first kappa shape index (κ1) is 12.0. The van der Waals surface area contributed by atoms with E-state index in [0.29, 0.717) is 6.04 Å². The van der Waals surface area contributed by atoms with Gasteiger partial charge in [0.15, 0.2) is 0 Å². The second-order valence-electron chi connectivity index (χ2n) is 5.60. The summed E-state index contributed by atoms with van der Waals surface area (Å²) < 4.78 is 0. The Hall–Kier alpha value is -1.06. The molecule has 0 saturated carbocycles. The van der Waals surface area contributed by atoms with Crippen LogP contribution in [0.5, 0.6) is 0 Å². The molecule has 0 bridgehead atoms. The number of nitrogens with one attached hydrogen (secondary N) is 1. The highest BCUT2D eigenvalue weighted by Gasteiger charge is 2.23. The summed E-state index contributed by atoms with van der Waals surface area (Å²) in [4.78, 5) is 2.52. The van der Waals surface area contributed by atoms with Crippen LogP contribution in [0.4, 0.5) is 5.69 Å². The van der Waals surface area contributed by atoms with Gasteiger partial charge in [0, 0.05) is 37.9 Å². The van der Waals surface area contributed by atoms with Crippen LogP contribution in [-0.4, -0.2) is 32.2 Å². The van der Waals surface area contributed by atoms with Crippen LogP contribution in [0.1, 0.15) is 23.1 Å². The Morgan fingerprint density at radius 2 is 2.00 bits per heavy atom. The average Bonchev–Trinajstić information content (AvgIpc) is 2.40. The van der Waals surface area contributed by atoms with Gasteiger partial charge in [-0.1, -0.05) is 6.07 Å². The molecule has 1 atom stereocenters. The lowest BCUT2D eigenvalue weighted by atomic mass is 9.84. The molecule has 1 aliphatic carbocycles. The monoisotopic (exact) mass is 245 g/mol. The third-order valence-corrected chi connectivity index (χ3v) is 4.33. The summed E-state index contributed by atoms with van der Waals surface area (Å²) in [5, 5.41) is 3.42. The van der Waals surface area contributed by atoms with Crippen molar-refractivity contribution in [3.63, 3.8) is 0 Å². The number of anilines is 1. The summed E-state index contributed by atoms with van der Waals surface area (Å²) >= 11 is 0. The van der Waals surface area contributed by atoms with E-state index in [1.54, 1.807) is 5.56 Å². The molecule has 1 aliphatic heterocycles. The van der Waals surface area contributed by atoms with Gasteiger partial charge in [0.1, 0.15) is 0 Å². The maximum absolute atomic E-state index is 6.17. The van der Waals surface area contributed by atoms with Gasteiger partial charge in [0.2, 0.25) is 0 Å². The molecule has 3 rings (SSSR count). The number of fused-ring (bicyclic) bond motifs is 1. The Balaban J connectivity index is 1.98. The minimum absolute atomic E-state index is 0.348. The minimum atomic E-state index is 0.348. The van der Waals surface area contributed by atoms with Gasteiger partial charge in [-0.15, -0.1) is 0 Å². The number of hydrogen-bond acceptors (Lipinski definition) is 3. The van der Waals surface area contributed by atoms with Gasteiger partial charge >= 0.3 is 0 Å². The number of rotatable bonds is 1. The van der Waals surface area contributed by atoms with E-state index in [9.17, 15) is 0 Å². The van der Waals surface area contributed by atoms with Gasteiger partial charge < -0.3 is 16.0 Å². The first-order valence-corrected chi connectivity index (χ1v) is 7.08. The molecule has 1 aromatic rings. The maximum Gasteiger partial charge on any atom is 0.0403 e. The van der Waals surface area contributed by atoms with Gasteiger partial charge in [-0.05, 0) is 48.9 Å². The lowest BCUT2D eigenvalue weighted by molar-refractivity contribution is 0.561. The molecule has 0 radical (unpaired) electrons. The Labute approximate surface area is 109 Å². The topological polar surface area (TPSA) is 41.3 Å². The fourth-order valence-electron chi connectivity index (χ4n) is 3.27. The molecule has 18 heavy (non-hydrogen) atoms. The molecule has 1 fully saturated rings. The number of aryl methyl sites for hydroxylation is 1. The lowest BCUT2D eigenvalue weighted by Crippen LogP contribution is -2.44. The van der Waals surface area contributed by atoms with Crippen molar-refractivity contribution < 1.29 is 0 Å². The van der Waals surface area contributed by atoms with E-state index in [-0.39, 0.29) is 0 Å². The highest BCUT2D eigenvalue weighted by atomic mass is 15.2. The van der Waals surface area contributed by atoms with Crippen LogP contribution < -0.4 is 16.0 Å². The zero-order valence-corrected chi connectivity index (χ0v) is 11.2. The second kappa shape index (κ2) is 4.90. The van der Waals surface area contributed by atoms with Gasteiger partial charge in [0.25, 0.3) is 0 Å². The molecule has 0 spiro atoms. The zero-order chi connectivity index (χ0) is 12.5. The highest BCUT2D eigenvalue weighted by Crippen LogP contribution is 2.32. The van der Waals surface area contributed by atoms with E-state index < -0.39 is 0 Å². The highest BCUT2D eigenvalue weighted by molar-refractivity contribution is 5.60. The zero-order valence-electron chi connectivity index (χ0n) is 11.2.